The third-order valence-corrected chi connectivity index (χ3v) is 1.67. The van der Waals surface area contributed by atoms with Gasteiger partial charge in [-0.05, 0) is 20.3 Å². The lowest BCUT2D eigenvalue weighted by Gasteiger charge is -2.14. The summed E-state index contributed by atoms with van der Waals surface area (Å²) in [6.45, 7) is 5.21. The first kappa shape index (κ1) is 12.9. The van der Waals surface area contributed by atoms with Crippen LogP contribution in [0.25, 0.3) is 0 Å². The molecule has 0 rings (SSSR count). The number of carbonyl (C=O) groups is 2. The summed E-state index contributed by atoms with van der Waals surface area (Å²) in [7, 11) is 0. The van der Waals surface area contributed by atoms with Gasteiger partial charge in [0.1, 0.15) is 0 Å². The maximum absolute atomic E-state index is 11.2. The van der Waals surface area contributed by atoms with E-state index in [1.165, 1.54) is 0 Å². The molecule has 0 fully saturated rings. The van der Waals surface area contributed by atoms with E-state index in [1.807, 2.05) is 6.92 Å². The van der Waals surface area contributed by atoms with Gasteiger partial charge < -0.3 is 15.7 Å². The molecule has 82 valence electrons. The van der Waals surface area contributed by atoms with Crippen LogP contribution in [0.2, 0.25) is 0 Å². The Morgan fingerprint density at radius 3 is 2.07 bits per heavy atom. The van der Waals surface area contributed by atoms with Crippen LogP contribution in [0, 0.1) is 0 Å². The minimum absolute atomic E-state index is 0.0672. The van der Waals surface area contributed by atoms with E-state index in [4.69, 9.17) is 5.11 Å². The monoisotopic (exact) mass is 202 g/mol. The molecule has 5 heteroatoms. The lowest BCUT2D eigenvalue weighted by Crippen LogP contribution is -2.47. The Morgan fingerprint density at radius 1 is 1.21 bits per heavy atom. The molecule has 0 unspecified atom stereocenters. The quantitative estimate of drug-likeness (QED) is 0.533. The summed E-state index contributed by atoms with van der Waals surface area (Å²) in [4.78, 5) is 22.3. The molecule has 0 aliphatic carbocycles. The van der Waals surface area contributed by atoms with Gasteiger partial charge in [0.15, 0.2) is 0 Å². The highest BCUT2D eigenvalue weighted by molar-refractivity contribution is 6.35. The second kappa shape index (κ2) is 6.37. The molecule has 0 aliphatic heterocycles. The van der Waals surface area contributed by atoms with Gasteiger partial charge in [-0.2, -0.15) is 0 Å². The molecular weight excluding hydrogens is 184 g/mol. The summed E-state index contributed by atoms with van der Waals surface area (Å²) in [5.74, 6) is -1.36. The van der Waals surface area contributed by atoms with E-state index in [1.54, 1.807) is 13.8 Å². The molecule has 0 radical (unpaired) electrons. The van der Waals surface area contributed by atoms with Crippen LogP contribution in [-0.4, -0.2) is 35.6 Å². The second-order valence-electron chi connectivity index (χ2n) is 3.39. The van der Waals surface area contributed by atoms with Crippen molar-refractivity contribution < 1.29 is 14.7 Å². The maximum Gasteiger partial charge on any atom is 0.309 e. The summed E-state index contributed by atoms with van der Waals surface area (Å²) in [5, 5.41) is 13.7. The number of nitrogens with one attached hydrogen (secondary N) is 2. The van der Waals surface area contributed by atoms with Crippen LogP contribution < -0.4 is 10.6 Å². The molecule has 0 aromatic heterocycles. The van der Waals surface area contributed by atoms with E-state index in [-0.39, 0.29) is 18.7 Å². The van der Waals surface area contributed by atoms with Crippen LogP contribution >= 0.6 is 0 Å². The minimum Gasteiger partial charge on any atom is -0.394 e. The average molecular weight is 202 g/mol. The zero-order chi connectivity index (χ0) is 11.1. The summed E-state index contributed by atoms with van der Waals surface area (Å²) < 4.78 is 0. The normalized spacial score (nSPS) is 12.4. The number of amides is 2. The highest BCUT2D eigenvalue weighted by Crippen LogP contribution is 1.88. The molecule has 0 saturated heterocycles. The molecule has 0 spiro atoms. The van der Waals surface area contributed by atoms with Gasteiger partial charge in [0.2, 0.25) is 0 Å². The van der Waals surface area contributed by atoms with Gasteiger partial charge >= 0.3 is 11.8 Å². The Bertz CT molecular complexity index is 200. The Kier molecular flexibility index (Phi) is 5.87. The number of rotatable bonds is 4. The number of aliphatic hydroxyl groups excluding tert-OH is 1. The van der Waals surface area contributed by atoms with Crippen molar-refractivity contribution in [1.29, 1.82) is 0 Å². The Labute approximate surface area is 83.9 Å². The van der Waals surface area contributed by atoms with Crippen molar-refractivity contribution in [3.05, 3.63) is 0 Å². The van der Waals surface area contributed by atoms with Crippen molar-refractivity contribution in [2.24, 2.45) is 0 Å². The zero-order valence-electron chi connectivity index (χ0n) is 8.83. The molecule has 0 aromatic carbocycles. The summed E-state index contributed by atoms with van der Waals surface area (Å²) in [6, 6.07) is -0.414. The van der Waals surface area contributed by atoms with Crippen LogP contribution in [0.5, 0.6) is 0 Å². The Hall–Kier alpha value is -1.10. The molecule has 0 heterocycles. The van der Waals surface area contributed by atoms with Gasteiger partial charge in [0.05, 0.1) is 12.6 Å². The van der Waals surface area contributed by atoms with Crippen LogP contribution in [-0.2, 0) is 9.59 Å². The van der Waals surface area contributed by atoms with Crippen LogP contribution in [0.1, 0.15) is 27.2 Å². The van der Waals surface area contributed by atoms with Crippen LogP contribution in [0.4, 0.5) is 0 Å². The predicted octanol–water partition coefficient (Wildman–Crippen LogP) is -0.602. The fourth-order valence-corrected chi connectivity index (χ4v) is 0.855. The molecule has 14 heavy (non-hydrogen) atoms. The van der Waals surface area contributed by atoms with Crippen LogP contribution in [0.3, 0.4) is 0 Å². The van der Waals surface area contributed by atoms with Crippen molar-refractivity contribution in [1.82, 2.24) is 10.6 Å². The summed E-state index contributed by atoms with van der Waals surface area (Å²) in [5.41, 5.74) is 0. The van der Waals surface area contributed by atoms with Crippen molar-refractivity contribution >= 4 is 11.8 Å². The average Bonchev–Trinajstić information content (AvgIpc) is 2.12. The van der Waals surface area contributed by atoms with Crippen LogP contribution in [0.15, 0.2) is 0 Å². The van der Waals surface area contributed by atoms with E-state index in [2.05, 4.69) is 10.6 Å². The fraction of sp³-hybridized carbons (Fsp3) is 0.778. The van der Waals surface area contributed by atoms with E-state index in [0.29, 0.717) is 6.42 Å². The van der Waals surface area contributed by atoms with Crippen molar-refractivity contribution in [2.75, 3.05) is 6.61 Å². The van der Waals surface area contributed by atoms with E-state index in [9.17, 15) is 9.59 Å². The number of hydrogen-bond donors (Lipinski definition) is 3. The van der Waals surface area contributed by atoms with Gasteiger partial charge in [-0.25, -0.2) is 0 Å². The summed E-state index contributed by atoms with van der Waals surface area (Å²) >= 11 is 0. The van der Waals surface area contributed by atoms with Gasteiger partial charge in [0, 0.05) is 6.04 Å². The molecule has 3 N–H and O–H groups in total. The molecule has 5 nitrogen and oxygen atoms in total. The lowest BCUT2D eigenvalue weighted by atomic mass is 10.2. The number of carbonyl (C=O) groups excluding carboxylic acids is 2. The van der Waals surface area contributed by atoms with Gasteiger partial charge in [0.25, 0.3) is 0 Å². The Balaban J connectivity index is 4.00. The van der Waals surface area contributed by atoms with E-state index >= 15 is 0 Å². The fourth-order valence-electron chi connectivity index (χ4n) is 0.855. The first-order valence-electron chi connectivity index (χ1n) is 4.73. The molecule has 0 saturated carbocycles. The predicted molar refractivity (Wildman–Crippen MR) is 52.6 cm³/mol. The largest absolute Gasteiger partial charge is 0.394 e. The molecule has 0 aliphatic rings. The third-order valence-electron chi connectivity index (χ3n) is 1.67. The number of hydrogen-bond acceptors (Lipinski definition) is 3. The van der Waals surface area contributed by atoms with Gasteiger partial charge in [-0.15, -0.1) is 0 Å². The zero-order valence-corrected chi connectivity index (χ0v) is 8.83. The van der Waals surface area contributed by atoms with Gasteiger partial charge in [-0.3, -0.25) is 9.59 Å². The smallest absolute Gasteiger partial charge is 0.309 e. The molecule has 1 atom stereocenters. The van der Waals surface area contributed by atoms with Crippen molar-refractivity contribution in [2.45, 2.75) is 39.3 Å². The SMILES string of the molecule is CC[C@@H](CO)NC(=O)C(=O)NC(C)C. The van der Waals surface area contributed by atoms with Crippen molar-refractivity contribution in [3.63, 3.8) is 0 Å². The topological polar surface area (TPSA) is 78.4 Å². The number of aliphatic hydroxyl groups is 1. The summed E-state index contributed by atoms with van der Waals surface area (Å²) in [6.07, 6.45) is 0.594. The van der Waals surface area contributed by atoms with Gasteiger partial charge in [-0.1, -0.05) is 6.92 Å². The standard InChI is InChI=1S/C9H18N2O3/c1-4-7(5-12)11-9(14)8(13)10-6(2)3/h6-7,12H,4-5H2,1-3H3,(H,10,13)(H,11,14)/t7-/m0/s1. The van der Waals surface area contributed by atoms with E-state index < -0.39 is 11.8 Å². The molecule has 0 bridgehead atoms. The Morgan fingerprint density at radius 2 is 1.71 bits per heavy atom. The highest BCUT2D eigenvalue weighted by Gasteiger charge is 2.17. The third kappa shape index (κ3) is 4.81. The maximum atomic E-state index is 11.2. The molecule has 2 amide bonds. The first-order valence-corrected chi connectivity index (χ1v) is 4.73. The lowest BCUT2D eigenvalue weighted by molar-refractivity contribution is -0.140. The van der Waals surface area contributed by atoms with Crippen molar-refractivity contribution in [3.8, 4) is 0 Å². The second-order valence-corrected chi connectivity index (χ2v) is 3.39. The molecule has 0 aromatic rings. The first-order chi connectivity index (χ1) is 6.51. The van der Waals surface area contributed by atoms with E-state index in [0.717, 1.165) is 0 Å². The molecular formula is C9H18N2O3. The minimum atomic E-state index is -0.695. The highest BCUT2D eigenvalue weighted by atomic mass is 16.3.